The van der Waals surface area contributed by atoms with Crippen molar-refractivity contribution in [3.8, 4) is 22.8 Å². The van der Waals surface area contributed by atoms with Gasteiger partial charge in [0.1, 0.15) is 11.6 Å². The fourth-order valence-electron chi connectivity index (χ4n) is 3.24. The van der Waals surface area contributed by atoms with Crippen molar-refractivity contribution in [3.05, 3.63) is 72.3 Å². The maximum absolute atomic E-state index is 11.9. The summed E-state index contributed by atoms with van der Waals surface area (Å²) in [5.41, 5.74) is 4.83. The van der Waals surface area contributed by atoms with Gasteiger partial charge in [-0.2, -0.15) is 0 Å². The number of carboxylic acids is 1. The molecule has 0 saturated heterocycles. The Kier molecular flexibility index (Phi) is 3.30. The van der Waals surface area contributed by atoms with Crippen molar-refractivity contribution in [2.45, 2.75) is 0 Å². The Morgan fingerprint density at radius 1 is 0.778 bits per heavy atom. The van der Waals surface area contributed by atoms with Crippen LogP contribution in [0.3, 0.4) is 0 Å². The van der Waals surface area contributed by atoms with E-state index in [9.17, 15) is 9.90 Å². The summed E-state index contributed by atoms with van der Waals surface area (Å²) < 4.78 is 0. The van der Waals surface area contributed by atoms with E-state index in [4.69, 9.17) is 0 Å². The van der Waals surface area contributed by atoms with Gasteiger partial charge in [0.05, 0.1) is 27.6 Å². The van der Waals surface area contributed by atoms with E-state index in [1.54, 1.807) is 12.1 Å². The Bertz CT molecular complexity index is 1250. The van der Waals surface area contributed by atoms with Crippen molar-refractivity contribution in [2.24, 2.45) is 0 Å². The van der Waals surface area contributed by atoms with Gasteiger partial charge < -0.3 is 15.1 Å². The Hall–Kier alpha value is -3.93. The van der Waals surface area contributed by atoms with Gasteiger partial charge in [0.2, 0.25) is 0 Å². The Morgan fingerprint density at radius 3 is 2.00 bits per heavy atom. The molecule has 0 fully saturated rings. The van der Waals surface area contributed by atoms with Gasteiger partial charge in [0, 0.05) is 11.1 Å². The Morgan fingerprint density at radius 2 is 1.37 bits per heavy atom. The summed E-state index contributed by atoms with van der Waals surface area (Å²) in [6.45, 7) is 0. The molecule has 0 amide bonds. The van der Waals surface area contributed by atoms with Gasteiger partial charge >= 0.3 is 5.97 Å². The van der Waals surface area contributed by atoms with Crippen LogP contribution in [0, 0.1) is 0 Å². The van der Waals surface area contributed by atoms with Gasteiger partial charge in [-0.3, -0.25) is 0 Å². The standard InChI is InChI=1S/C21H14N4O2/c26-21(27)14-11-12(19-22-15-5-1-2-6-16(15)23-19)9-10-13(14)20-24-17-7-3-4-8-18(17)25-20/h1-11H,(H,22,23)(H,24,25)(H,26,27). The number of hydrogen-bond acceptors (Lipinski definition) is 3. The van der Waals surface area contributed by atoms with Gasteiger partial charge in [0.15, 0.2) is 0 Å². The van der Waals surface area contributed by atoms with E-state index in [0.717, 1.165) is 22.1 Å². The SMILES string of the molecule is O=C(O)c1cc(-c2nc3ccccc3[nH]2)ccc1-c1nc2ccccc2[nH]1. The second-order valence-electron chi connectivity index (χ2n) is 6.27. The second-order valence-corrected chi connectivity index (χ2v) is 6.27. The minimum atomic E-state index is -1.01. The molecule has 0 bridgehead atoms. The number of carbonyl (C=O) groups is 1. The maximum atomic E-state index is 11.9. The zero-order valence-corrected chi connectivity index (χ0v) is 14.1. The number of hydrogen-bond donors (Lipinski definition) is 3. The summed E-state index contributed by atoms with van der Waals surface area (Å²) in [6, 6.07) is 20.6. The number of nitrogens with zero attached hydrogens (tertiary/aromatic N) is 2. The molecule has 0 aliphatic rings. The largest absolute Gasteiger partial charge is 0.478 e. The first-order valence-electron chi connectivity index (χ1n) is 8.46. The van der Waals surface area contributed by atoms with E-state index >= 15 is 0 Å². The molecule has 0 spiro atoms. The molecule has 130 valence electrons. The normalized spacial score (nSPS) is 11.3. The molecule has 3 aromatic carbocycles. The number of H-pyrrole nitrogens is 2. The number of aromatic nitrogens is 4. The van der Waals surface area contributed by atoms with Crippen molar-refractivity contribution in [1.82, 2.24) is 19.9 Å². The number of rotatable bonds is 3. The zero-order valence-electron chi connectivity index (χ0n) is 14.1. The summed E-state index contributed by atoms with van der Waals surface area (Å²) in [7, 11) is 0. The average molecular weight is 354 g/mol. The summed E-state index contributed by atoms with van der Waals surface area (Å²) in [5, 5.41) is 9.74. The number of para-hydroxylation sites is 4. The minimum Gasteiger partial charge on any atom is -0.478 e. The predicted octanol–water partition coefficient (Wildman–Crippen LogP) is 4.47. The lowest BCUT2D eigenvalue weighted by atomic mass is 10.0. The van der Waals surface area contributed by atoms with E-state index in [2.05, 4.69) is 19.9 Å². The molecular weight excluding hydrogens is 340 g/mol. The molecule has 2 aromatic heterocycles. The smallest absolute Gasteiger partial charge is 0.336 e. The van der Waals surface area contributed by atoms with Crippen LogP contribution >= 0.6 is 0 Å². The van der Waals surface area contributed by atoms with Gasteiger partial charge in [-0.1, -0.05) is 30.3 Å². The number of carboxylic acid groups (broad SMARTS) is 1. The third-order valence-corrected chi connectivity index (χ3v) is 4.56. The van der Waals surface area contributed by atoms with Crippen LogP contribution < -0.4 is 0 Å². The molecule has 0 unspecified atom stereocenters. The van der Waals surface area contributed by atoms with Crippen LogP contribution in [0.15, 0.2) is 66.7 Å². The third kappa shape index (κ3) is 2.55. The molecule has 6 nitrogen and oxygen atoms in total. The fraction of sp³-hybridized carbons (Fsp3) is 0. The third-order valence-electron chi connectivity index (χ3n) is 4.56. The minimum absolute atomic E-state index is 0.173. The molecule has 2 heterocycles. The van der Waals surface area contributed by atoms with Crippen LogP contribution in [-0.2, 0) is 0 Å². The van der Waals surface area contributed by atoms with Gasteiger partial charge in [-0.05, 0) is 36.4 Å². The van der Waals surface area contributed by atoms with Crippen LogP contribution in [0.1, 0.15) is 10.4 Å². The molecule has 5 rings (SSSR count). The summed E-state index contributed by atoms with van der Waals surface area (Å²) in [4.78, 5) is 27.4. The van der Waals surface area contributed by atoms with Crippen LogP contribution in [0.4, 0.5) is 0 Å². The van der Waals surface area contributed by atoms with E-state index in [1.807, 2.05) is 54.6 Å². The Balaban J connectivity index is 1.66. The molecular formula is C21H14N4O2. The number of aromatic carboxylic acids is 1. The highest BCUT2D eigenvalue weighted by Gasteiger charge is 2.17. The number of imidazole rings is 2. The van der Waals surface area contributed by atoms with Gasteiger partial charge in [-0.15, -0.1) is 0 Å². The average Bonchev–Trinajstić information content (AvgIpc) is 3.31. The highest BCUT2D eigenvalue weighted by molar-refractivity contribution is 5.97. The van der Waals surface area contributed by atoms with E-state index in [0.29, 0.717) is 22.8 Å². The first-order valence-corrected chi connectivity index (χ1v) is 8.46. The zero-order chi connectivity index (χ0) is 18.4. The van der Waals surface area contributed by atoms with Gasteiger partial charge in [-0.25, -0.2) is 14.8 Å². The first kappa shape index (κ1) is 15.3. The molecule has 0 aliphatic heterocycles. The van der Waals surface area contributed by atoms with Crippen LogP contribution in [-0.4, -0.2) is 31.0 Å². The lowest BCUT2D eigenvalue weighted by Gasteiger charge is -2.05. The number of benzene rings is 3. The molecule has 0 radical (unpaired) electrons. The fourth-order valence-corrected chi connectivity index (χ4v) is 3.24. The van der Waals surface area contributed by atoms with Crippen LogP contribution in [0.5, 0.6) is 0 Å². The van der Waals surface area contributed by atoms with Crippen LogP contribution in [0.25, 0.3) is 44.8 Å². The van der Waals surface area contributed by atoms with Gasteiger partial charge in [0.25, 0.3) is 0 Å². The molecule has 3 N–H and O–H groups in total. The number of nitrogens with one attached hydrogen (secondary N) is 2. The summed E-state index contributed by atoms with van der Waals surface area (Å²) in [5.74, 6) is 0.156. The van der Waals surface area contributed by atoms with E-state index in [1.165, 1.54) is 0 Å². The van der Waals surface area contributed by atoms with Crippen LogP contribution in [0.2, 0.25) is 0 Å². The van der Waals surface area contributed by atoms with E-state index < -0.39 is 5.97 Å². The molecule has 6 heteroatoms. The highest BCUT2D eigenvalue weighted by atomic mass is 16.4. The maximum Gasteiger partial charge on any atom is 0.336 e. The van der Waals surface area contributed by atoms with Crippen molar-refractivity contribution in [2.75, 3.05) is 0 Å². The monoisotopic (exact) mass is 354 g/mol. The van der Waals surface area contributed by atoms with Crippen molar-refractivity contribution in [1.29, 1.82) is 0 Å². The molecule has 0 atom stereocenters. The highest BCUT2D eigenvalue weighted by Crippen LogP contribution is 2.29. The molecule has 0 saturated carbocycles. The lowest BCUT2D eigenvalue weighted by Crippen LogP contribution is -2.01. The van der Waals surface area contributed by atoms with Crippen molar-refractivity contribution in [3.63, 3.8) is 0 Å². The predicted molar refractivity (Wildman–Crippen MR) is 104 cm³/mol. The Labute approximate surface area is 153 Å². The summed E-state index contributed by atoms with van der Waals surface area (Å²) >= 11 is 0. The number of aromatic amines is 2. The van der Waals surface area contributed by atoms with Crippen molar-refractivity contribution < 1.29 is 9.90 Å². The second kappa shape index (κ2) is 5.81. The molecule has 0 aliphatic carbocycles. The van der Waals surface area contributed by atoms with Crippen molar-refractivity contribution >= 4 is 28.0 Å². The number of fused-ring (bicyclic) bond motifs is 2. The molecule has 27 heavy (non-hydrogen) atoms. The summed E-state index contributed by atoms with van der Waals surface area (Å²) in [6.07, 6.45) is 0. The topological polar surface area (TPSA) is 94.7 Å². The first-order chi connectivity index (χ1) is 13.2. The molecule has 5 aromatic rings. The van der Waals surface area contributed by atoms with E-state index in [-0.39, 0.29) is 5.56 Å². The lowest BCUT2D eigenvalue weighted by molar-refractivity contribution is 0.0697. The quantitative estimate of drug-likeness (QED) is 0.445.